The first kappa shape index (κ1) is 18.0. The van der Waals surface area contributed by atoms with Gasteiger partial charge >= 0.3 is 0 Å². The number of nitrogens with one attached hydrogen (secondary N) is 1. The number of hydrogen-bond acceptors (Lipinski definition) is 3. The normalized spacial score (nSPS) is 10.5. The van der Waals surface area contributed by atoms with Gasteiger partial charge in [-0.15, -0.1) is 0 Å². The lowest BCUT2D eigenvalue weighted by Crippen LogP contribution is -2.13. The molecule has 0 spiro atoms. The Hall–Kier alpha value is -2.78. The van der Waals surface area contributed by atoms with E-state index in [1.165, 1.54) is 0 Å². The Morgan fingerprint density at radius 2 is 1.35 bits per heavy atom. The first-order chi connectivity index (χ1) is 12.8. The monoisotopic (exact) mass is 347 g/mol. The quantitative estimate of drug-likeness (QED) is 0.594. The summed E-state index contributed by atoms with van der Waals surface area (Å²) in [7, 11) is 0. The Labute approximate surface area is 155 Å². The molecule has 0 saturated carbocycles. The van der Waals surface area contributed by atoms with Crippen molar-refractivity contribution in [2.75, 3.05) is 6.54 Å². The average molecular weight is 347 g/mol. The molecule has 0 aliphatic heterocycles. The van der Waals surface area contributed by atoms with E-state index in [9.17, 15) is 0 Å². The summed E-state index contributed by atoms with van der Waals surface area (Å²) in [6, 6.07) is 26.4. The lowest BCUT2D eigenvalue weighted by Gasteiger charge is -2.14. The Morgan fingerprint density at radius 3 is 1.96 bits per heavy atom. The molecule has 1 N–H and O–H groups in total. The van der Waals surface area contributed by atoms with E-state index in [4.69, 9.17) is 9.47 Å². The molecule has 3 nitrogen and oxygen atoms in total. The molecule has 3 aromatic rings. The number of rotatable bonds is 9. The Balaban J connectivity index is 1.70. The van der Waals surface area contributed by atoms with Crippen LogP contribution in [-0.2, 0) is 19.8 Å². The molecule has 0 amide bonds. The van der Waals surface area contributed by atoms with Gasteiger partial charge in [0.2, 0.25) is 0 Å². The molecule has 0 bridgehead atoms. The number of ether oxygens (including phenoxy) is 2. The molecule has 0 atom stereocenters. The average Bonchev–Trinajstić information content (AvgIpc) is 2.71. The van der Waals surface area contributed by atoms with Crippen LogP contribution in [0.15, 0.2) is 78.9 Å². The molecule has 0 radical (unpaired) electrons. The maximum absolute atomic E-state index is 6.09. The van der Waals surface area contributed by atoms with E-state index in [1.54, 1.807) is 0 Å². The van der Waals surface area contributed by atoms with Crippen LogP contribution in [0.25, 0.3) is 0 Å². The van der Waals surface area contributed by atoms with Crippen molar-refractivity contribution < 1.29 is 9.47 Å². The van der Waals surface area contributed by atoms with Crippen LogP contribution in [0.5, 0.6) is 11.5 Å². The van der Waals surface area contributed by atoms with Crippen molar-refractivity contribution in [2.45, 2.75) is 26.7 Å². The smallest absolute Gasteiger partial charge is 0.127 e. The van der Waals surface area contributed by atoms with Crippen LogP contribution in [0.3, 0.4) is 0 Å². The molecule has 0 aliphatic carbocycles. The second kappa shape index (κ2) is 9.64. The van der Waals surface area contributed by atoms with E-state index >= 15 is 0 Å². The molecule has 0 unspecified atom stereocenters. The van der Waals surface area contributed by atoms with Crippen LogP contribution in [0.4, 0.5) is 0 Å². The first-order valence-corrected chi connectivity index (χ1v) is 9.02. The highest BCUT2D eigenvalue weighted by Gasteiger charge is 2.07. The van der Waals surface area contributed by atoms with Crippen LogP contribution in [0.2, 0.25) is 0 Å². The predicted octanol–water partition coefficient (Wildman–Crippen LogP) is 4.95. The van der Waals surface area contributed by atoms with Crippen LogP contribution in [0.1, 0.15) is 23.6 Å². The first-order valence-electron chi connectivity index (χ1n) is 9.02. The fourth-order valence-corrected chi connectivity index (χ4v) is 2.64. The molecule has 3 heteroatoms. The van der Waals surface area contributed by atoms with Crippen molar-refractivity contribution in [3.05, 3.63) is 95.6 Å². The summed E-state index contributed by atoms with van der Waals surface area (Å²) in [6.45, 7) is 4.89. The maximum Gasteiger partial charge on any atom is 0.127 e. The zero-order valence-electron chi connectivity index (χ0n) is 15.2. The van der Waals surface area contributed by atoms with Crippen molar-refractivity contribution in [3.63, 3.8) is 0 Å². The molecule has 3 rings (SSSR count). The molecule has 3 aromatic carbocycles. The van der Waals surface area contributed by atoms with E-state index in [0.717, 1.165) is 41.3 Å². The summed E-state index contributed by atoms with van der Waals surface area (Å²) in [5, 5.41) is 3.36. The van der Waals surface area contributed by atoms with Gasteiger partial charge in [-0.25, -0.2) is 0 Å². The van der Waals surface area contributed by atoms with Gasteiger partial charge in [0.15, 0.2) is 0 Å². The fourth-order valence-electron chi connectivity index (χ4n) is 2.64. The fraction of sp³-hybridized carbons (Fsp3) is 0.217. The van der Waals surface area contributed by atoms with Gasteiger partial charge in [-0.05, 0) is 23.7 Å². The maximum atomic E-state index is 6.09. The summed E-state index contributed by atoms with van der Waals surface area (Å²) in [5.74, 6) is 1.68. The summed E-state index contributed by atoms with van der Waals surface area (Å²) >= 11 is 0. The number of benzene rings is 3. The minimum absolute atomic E-state index is 0.544. The highest BCUT2D eigenvalue weighted by atomic mass is 16.5. The predicted molar refractivity (Wildman–Crippen MR) is 105 cm³/mol. The van der Waals surface area contributed by atoms with Crippen LogP contribution in [0, 0.1) is 0 Å². The minimum atomic E-state index is 0.544. The summed E-state index contributed by atoms with van der Waals surface area (Å²) in [5.41, 5.74) is 3.43. The molecule has 0 heterocycles. The Kier molecular flexibility index (Phi) is 6.68. The van der Waals surface area contributed by atoms with Crippen LogP contribution in [-0.4, -0.2) is 6.54 Å². The van der Waals surface area contributed by atoms with Gasteiger partial charge < -0.3 is 14.8 Å². The van der Waals surface area contributed by atoms with Crippen LogP contribution < -0.4 is 14.8 Å². The molecule has 0 aliphatic rings. The van der Waals surface area contributed by atoms with E-state index in [1.807, 2.05) is 48.5 Å². The van der Waals surface area contributed by atoms with Gasteiger partial charge in [-0.1, -0.05) is 73.7 Å². The second-order valence-corrected chi connectivity index (χ2v) is 6.10. The standard InChI is InChI=1S/C23H25NO2/c1-2-24-16-21-13-14-22(25-17-19-9-5-3-6-10-19)15-23(21)26-18-20-11-7-4-8-12-20/h3-15,24H,2,16-18H2,1H3. The minimum Gasteiger partial charge on any atom is -0.489 e. The summed E-state index contributed by atoms with van der Waals surface area (Å²) in [4.78, 5) is 0. The largest absolute Gasteiger partial charge is 0.489 e. The molecule has 0 aromatic heterocycles. The zero-order chi connectivity index (χ0) is 18.0. The van der Waals surface area contributed by atoms with Gasteiger partial charge in [-0.2, -0.15) is 0 Å². The van der Waals surface area contributed by atoms with E-state index in [0.29, 0.717) is 13.2 Å². The van der Waals surface area contributed by atoms with Crippen molar-refractivity contribution in [3.8, 4) is 11.5 Å². The zero-order valence-corrected chi connectivity index (χ0v) is 15.2. The third-order valence-corrected chi connectivity index (χ3v) is 4.09. The molecule has 26 heavy (non-hydrogen) atoms. The third-order valence-electron chi connectivity index (χ3n) is 4.09. The molecular weight excluding hydrogens is 322 g/mol. The highest BCUT2D eigenvalue weighted by molar-refractivity contribution is 5.41. The lowest BCUT2D eigenvalue weighted by atomic mass is 10.1. The van der Waals surface area contributed by atoms with Gasteiger partial charge in [0.05, 0.1) is 0 Å². The Bertz CT molecular complexity index is 788. The van der Waals surface area contributed by atoms with E-state index in [-0.39, 0.29) is 0 Å². The number of hydrogen-bond donors (Lipinski definition) is 1. The van der Waals surface area contributed by atoms with Gasteiger partial charge in [-0.3, -0.25) is 0 Å². The van der Waals surface area contributed by atoms with Gasteiger partial charge in [0.25, 0.3) is 0 Å². The topological polar surface area (TPSA) is 30.5 Å². The van der Waals surface area contributed by atoms with Gasteiger partial charge in [0.1, 0.15) is 24.7 Å². The second-order valence-electron chi connectivity index (χ2n) is 6.10. The SMILES string of the molecule is CCNCc1ccc(OCc2ccccc2)cc1OCc1ccccc1. The molecule has 134 valence electrons. The lowest BCUT2D eigenvalue weighted by molar-refractivity contribution is 0.287. The molecule has 0 saturated heterocycles. The summed E-state index contributed by atoms with van der Waals surface area (Å²) in [6.07, 6.45) is 0. The van der Waals surface area contributed by atoms with Gasteiger partial charge in [0, 0.05) is 18.2 Å². The van der Waals surface area contributed by atoms with E-state index in [2.05, 4.69) is 42.6 Å². The van der Waals surface area contributed by atoms with Crippen LogP contribution >= 0.6 is 0 Å². The van der Waals surface area contributed by atoms with Crippen molar-refractivity contribution >= 4 is 0 Å². The van der Waals surface area contributed by atoms with Crippen molar-refractivity contribution in [1.82, 2.24) is 5.32 Å². The van der Waals surface area contributed by atoms with E-state index < -0.39 is 0 Å². The molecule has 0 fully saturated rings. The molecular formula is C23H25NO2. The Morgan fingerprint density at radius 1 is 0.731 bits per heavy atom. The summed E-state index contributed by atoms with van der Waals surface area (Å²) < 4.78 is 12.0. The van der Waals surface area contributed by atoms with Crippen molar-refractivity contribution in [1.29, 1.82) is 0 Å². The highest BCUT2D eigenvalue weighted by Crippen LogP contribution is 2.26. The van der Waals surface area contributed by atoms with Crippen molar-refractivity contribution in [2.24, 2.45) is 0 Å². The third kappa shape index (κ3) is 5.36.